The summed E-state index contributed by atoms with van der Waals surface area (Å²) in [4.78, 5) is 16.7. The van der Waals surface area contributed by atoms with Gasteiger partial charge in [-0.05, 0) is 5.56 Å². The van der Waals surface area contributed by atoms with Gasteiger partial charge in [0.2, 0.25) is 0 Å². The lowest BCUT2D eigenvalue weighted by Crippen LogP contribution is -2.25. The SMILES string of the molecule is CON1CC(O)C(c2ccccc2)C1=O. The first-order valence-corrected chi connectivity index (χ1v) is 4.82. The summed E-state index contributed by atoms with van der Waals surface area (Å²) in [6.45, 7) is 0.231. The van der Waals surface area contributed by atoms with Gasteiger partial charge < -0.3 is 5.11 Å². The standard InChI is InChI=1S/C11H13NO3/c1-15-12-7-9(13)10(11(12)14)8-5-3-2-4-6-8/h2-6,9-10,13H,7H2,1H3. The summed E-state index contributed by atoms with van der Waals surface area (Å²) in [5.74, 6) is -0.678. The fourth-order valence-electron chi connectivity index (χ4n) is 1.87. The van der Waals surface area contributed by atoms with Crippen molar-refractivity contribution in [2.24, 2.45) is 0 Å². The molecule has 4 heteroatoms. The lowest BCUT2D eigenvalue weighted by atomic mass is 9.96. The molecule has 0 radical (unpaired) electrons. The number of amides is 1. The number of benzene rings is 1. The minimum atomic E-state index is -0.695. The van der Waals surface area contributed by atoms with Crippen LogP contribution in [0.4, 0.5) is 0 Å². The zero-order chi connectivity index (χ0) is 10.8. The number of β-amino-alcohol motifs (C(OH)–C–C–N with tert-alkyl or cyclic N) is 1. The minimum absolute atomic E-state index is 0.184. The number of hydrogen-bond acceptors (Lipinski definition) is 3. The normalized spacial score (nSPS) is 26.0. The van der Waals surface area contributed by atoms with Crippen LogP contribution >= 0.6 is 0 Å². The zero-order valence-corrected chi connectivity index (χ0v) is 8.46. The van der Waals surface area contributed by atoms with Crippen molar-refractivity contribution in [1.82, 2.24) is 5.06 Å². The van der Waals surface area contributed by atoms with Gasteiger partial charge in [0.05, 0.1) is 25.7 Å². The van der Waals surface area contributed by atoms with E-state index in [0.29, 0.717) is 0 Å². The van der Waals surface area contributed by atoms with Crippen LogP contribution < -0.4 is 0 Å². The van der Waals surface area contributed by atoms with Crippen molar-refractivity contribution in [3.63, 3.8) is 0 Å². The molecule has 15 heavy (non-hydrogen) atoms. The van der Waals surface area contributed by atoms with Crippen LogP contribution in [0.2, 0.25) is 0 Å². The summed E-state index contributed by atoms with van der Waals surface area (Å²) in [5, 5.41) is 11.0. The average Bonchev–Trinajstić information content (AvgIpc) is 2.55. The van der Waals surface area contributed by atoms with E-state index in [1.807, 2.05) is 30.3 Å². The Balaban J connectivity index is 2.27. The summed E-state index contributed by atoms with van der Waals surface area (Å²) in [7, 11) is 1.43. The maximum atomic E-state index is 11.8. The predicted molar refractivity (Wildman–Crippen MR) is 53.9 cm³/mol. The highest BCUT2D eigenvalue weighted by Gasteiger charge is 2.40. The molecule has 1 aromatic carbocycles. The molecule has 0 saturated carbocycles. The van der Waals surface area contributed by atoms with E-state index < -0.39 is 12.0 Å². The van der Waals surface area contributed by atoms with Crippen LogP contribution in [0.5, 0.6) is 0 Å². The van der Waals surface area contributed by atoms with Crippen molar-refractivity contribution in [3.05, 3.63) is 35.9 Å². The van der Waals surface area contributed by atoms with E-state index in [1.165, 1.54) is 12.2 Å². The van der Waals surface area contributed by atoms with Crippen LogP contribution in [0.25, 0.3) is 0 Å². The van der Waals surface area contributed by atoms with Gasteiger partial charge in [-0.2, -0.15) is 0 Å². The smallest absolute Gasteiger partial charge is 0.256 e. The first kappa shape index (κ1) is 10.1. The maximum Gasteiger partial charge on any atom is 0.256 e. The molecular weight excluding hydrogens is 194 g/mol. The third kappa shape index (κ3) is 1.73. The molecule has 1 heterocycles. The van der Waals surface area contributed by atoms with Crippen LogP contribution in [-0.4, -0.2) is 35.8 Å². The van der Waals surface area contributed by atoms with Crippen molar-refractivity contribution >= 4 is 5.91 Å². The number of aliphatic hydroxyl groups is 1. The second kappa shape index (κ2) is 4.00. The molecule has 80 valence electrons. The molecule has 1 fully saturated rings. The van der Waals surface area contributed by atoms with Crippen molar-refractivity contribution in [1.29, 1.82) is 0 Å². The molecule has 2 unspecified atom stereocenters. The van der Waals surface area contributed by atoms with E-state index in [9.17, 15) is 9.90 Å². The summed E-state index contributed by atoms with van der Waals surface area (Å²) < 4.78 is 0. The fourth-order valence-corrected chi connectivity index (χ4v) is 1.87. The van der Waals surface area contributed by atoms with Gasteiger partial charge in [0.25, 0.3) is 5.91 Å². The molecule has 0 spiro atoms. The molecule has 0 aliphatic carbocycles. The molecule has 1 aromatic rings. The Morgan fingerprint density at radius 2 is 2.07 bits per heavy atom. The highest BCUT2D eigenvalue weighted by molar-refractivity contribution is 5.85. The second-order valence-corrected chi connectivity index (χ2v) is 3.54. The van der Waals surface area contributed by atoms with Crippen LogP contribution in [-0.2, 0) is 9.63 Å². The van der Waals surface area contributed by atoms with Crippen molar-refractivity contribution < 1.29 is 14.7 Å². The summed E-state index contributed by atoms with van der Waals surface area (Å²) in [6, 6.07) is 9.26. The summed E-state index contributed by atoms with van der Waals surface area (Å²) in [5.41, 5.74) is 0.828. The summed E-state index contributed by atoms with van der Waals surface area (Å²) >= 11 is 0. The molecular formula is C11H13NO3. The minimum Gasteiger partial charge on any atom is -0.390 e. The third-order valence-electron chi connectivity index (χ3n) is 2.63. The Kier molecular flexibility index (Phi) is 2.70. The molecule has 1 aliphatic heterocycles. The number of aliphatic hydroxyl groups excluding tert-OH is 1. The van der Waals surface area contributed by atoms with Crippen LogP contribution in [0, 0.1) is 0 Å². The van der Waals surface area contributed by atoms with Gasteiger partial charge >= 0.3 is 0 Å². The first-order chi connectivity index (χ1) is 7.24. The average molecular weight is 207 g/mol. The molecule has 1 N–H and O–H groups in total. The molecule has 2 atom stereocenters. The topological polar surface area (TPSA) is 49.8 Å². The second-order valence-electron chi connectivity index (χ2n) is 3.54. The van der Waals surface area contributed by atoms with E-state index >= 15 is 0 Å². The molecule has 1 amide bonds. The van der Waals surface area contributed by atoms with Gasteiger partial charge in [0.15, 0.2) is 0 Å². The Morgan fingerprint density at radius 3 is 2.60 bits per heavy atom. The molecule has 1 aliphatic rings. The van der Waals surface area contributed by atoms with E-state index in [-0.39, 0.29) is 12.5 Å². The van der Waals surface area contributed by atoms with Crippen LogP contribution in [0.3, 0.4) is 0 Å². The fraction of sp³-hybridized carbons (Fsp3) is 0.364. The van der Waals surface area contributed by atoms with Crippen LogP contribution in [0.15, 0.2) is 30.3 Å². The van der Waals surface area contributed by atoms with Gasteiger partial charge in [-0.25, -0.2) is 5.06 Å². The molecule has 4 nitrogen and oxygen atoms in total. The zero-order valence-electron chi connectivity index (χ0n) is 8.46. The van der Waals surface area contributed by atoms with E-state index in [1.54, 1.807) is 0 Å². The van der Waals surface area contributed by atoms with Crippen molar-refractivity contribution in [3.8, 4) is 0 Å². The van der Waals surface area contributed by atoms with Gasteiger partial charge in [0.1, 0.15) is 0 Å². The van der Waals surface area contributed by atoms with E-state index in [2.05, 4.69) is 0 Å². The quantitative estimate of drug-likeness (QED) is 0.769. The van der Waals surface area contributed by atoms with E-state index in [0.717, 1.165) is 5.56 Å². The highest BCUT2D eigenvalue weighted by Crippen LogP contribution is 2.28. The molecule has 2 rings (SSSR count). The van der Waals surface area contributed by atoms with Gasteiger partial charge in [-0.3, -0.25) is 9.63 Å². The largest absolute Gasteiger partial charge is 0.390 e. The highest BCUT2D eigenvalue weighted by atomic mass is 16.7. The number of carbonyl (C=O) groups excluding carboxylic acids is 1. The van der Waals surface area contributed by atoms with E-state index in [4.69, 9.17) is 4.84 Å². The Bertz CT molecular complexity index is 352. The monoisotopic (exact) mass is 207 g/mol. The lowest BCUT2D eigenvalue weighted by molar-refractivity contribution is -0.168. The van der Waals surface area contributed by atoms with Gasteiger partial charge in [-0.15, -0.1) is 0 Å². The number of carbonyl (C=O) groups is 1. The Labute approximate surface area is 88.0 Å². The van der Waals surface area contributed by atoms with Crippen molar-refractivity contribution in [2.75, 3.05) is 13.7 Å². The lowest BCUT2D eigenvalue weighted by Gasteiger charge is -2.12. The Morgan fingerprint density at radius 1 is 1.40 bits per heavy atom. The summed E-state index contributed by atoms with van der Waals surface area (Å²) in [6.07, 6.45) is -0.695. The van der Waals surface area contributed by atoms with Crippen LogP contribution in [0.1, 0.15) is 11.5 Å². The third-order valence-corrected chi connectivity index (χ3v) is 2.63. The maximum absolute atomic E-state index is 11.8. The number of nitrogens with zero attached hydrogens (tertiary/aromatic N) is 1. The first-order valence-electron chi connectivity index (χ1n) is 4.82. The van der Waals surface area contributed by atoms with Gasteiger partial charge in [-0.1, -0.05) is 30.3 Å². The van der Waals surface area contributed by atoms with Gasteiger partial charge in [0, 0.05) is 0 Å². The number of hydrogen-bond donors (Lipinski definition) is 1. The molecule has 1 saturated heterocycles. The molecule has 0 bridgehead atoms. The van der Waals surface area contributed by atoms with Crippen molar-refractivity contribution in [2.45, 2.75) is 12.0 Å². The predicted octanol–water partition coefficient (Wildman–Crippen LogP) is 0.535. The number of hydroxylamine groups is 2. The number of rotatable bonds is 2. The Hall–Kier alpha value is -1.39. The molecule has 0 aromatic heterocycles.